The number of allylic oxidation sites excluding steroid dienone is 3. The predicted octanol–water partition coefficient (Wildman–Crippen LogP) is 5.21. The summed E-state index contributed by atoms with van der Waals surface area (Å²) in [6.45, 7) is 3.99. The van der Waals surface area contributed by atoms with Crippen molar-refractivity contribution in [2.75, 3.05) is 13.2 Å². The Morgan fingerprint density at radius 1 is 1.34 bits per heavy atom. The number of ether oxygens (including phenoxy) is 2. The summed E-state index contributed by atoms with van der Waals surface area (Å²) in [7, 11) is 0. The van der Waals surface area contributed by atoms with E-state index in [4.69, 9.17) is 42.3 Å². The number of benzene rings is 1. The second-order valence-electron chi connectivity index (χ2n) is 6.74. The molecule has 1 aromatic heterocycles. The molecular formula is C20H21Cl2FN2O4. The van der Waals surface area contributed by atoms with E-state index in [2.05, 4.69) is 10.1 Å². The summed E-state index contributed by atoms with van der Waals surface area (Å²) in [4.78, 5) is 4.36. The second kappa shape index (κ2) is 9.61. The molecule has 29 heavy (non-hydrogen) atoms. The van der Waals surface area contributed by atoms with E-state index in [1.165, 1.54) is 12.1 Å². The van der Waals surface area contributed by atoms with E-state index in [0.717, 1.165) is 0 Å². The molecule has 0 fully saturated rings. The fourth-order valence-electron chi connectivity index (χ4n) is 2.74. The monoisotopic (exact) mass is 442 g/mol. The zero-order valence-corrected chi connectivity index (χ0v) is 17.5. The van der Waals surface area contributed by atoms with Gasteiger partial charge in [-0.05, 0) is 38.5 Å². The molecule has 2 aromatic rings. The highest BCUT2D eigenvalue weighted by Gasteiger charge is 2.24. The third kappa shape index (κ3) is 5.29. The molecule has 1 heterocycles. The number of nitrogens with zero attached hydrogens (tertiary/aromatic N) is 2. The quantitative estimate of drug-likeness (QED) is 0.565. The standard InChI is InChI=1S/C20H21Cl2FN2O4/c1-11(2)28-17-5-4-12(8-15(17)22)20-24-19(25-29-20)13-9-16(23)18(10-14(13)21)27-7-3-6-26/h5,8-12,26H,3-4,6-7H2,1-2H3. The van der Waals surface area contributed by atoms with Gasteiger partial charge in [-0.15, -0.1) is 0 Å². The molecular weight excluding hydrogens is 422 g/mol. The van der Waals surface area contributed by atoms with E-state index >= 15 is 0 Å². The lowest BCUT2D eigenvalue weighted by atomic mass is 10.00. The lowest BCUT2D eigenvalue weighted by Gasteiger charge is -2.18. The first-order valence-corrected chi connectivity index (χ1v) is 9.95. The zero-order valence-electron chi connectivity index (χ0n) is 16.0. The number of rotatable bonds is 8. The average molecular weight is 443 g/mol. The highest BCUT2D eigenvalue weighted by Crippen LogP contribution is 2.36. The van der Waals surface area contributed by atoms with Gasteiger partial charge in [-0.25, -0.2) is 4.39 Å². The topological polar surface area (TPSA) is 77.6 Å². The van der Waals surface area contributed by atoms with Crippen LogP contribution in [0.3, 0.4) is 0 Å². The fraction of sp³-hybridized carbons (Fsp3) is 0.400. The number of halogens is 3. The van der Waals surface area contributed by atoms with Crippen LogP contribution in [0.5, 0.6) is 5.75 Å². The first-order chi connectivity index (χ1) is 13.9. The Hall–Kier alpha value is -2.09. The van der Waals surface area contributed by atoms with Gasteiger partial charge in [0, 0.05) is 24.7 Å². The molecule has 1 aliphatic carbocycles. The predicted molar refractivity (Wildman–Crippen MR) is 107 cm³/mol. The number of aliphatic hydroxyl groups is 1. The molecule has 0 spiro atoms. The van der Waals surface area contributed by atoms with Crippen LogP contribution in [0.25, 0.3) is 11.4 Å². The maximum absolute atomic E-state index is 14.3. The number of hydrogen-bond donors (Lipinski definition) is 1. The smallest absolute Gasteiger partial charge is 0.234 e. The first kappa shape index (κ1) is 21.6. The minimum atomic E-state index is -0.604. The van der Waals surface area contributed by atoms with Crippen molar-refractivity contribution in [3.8, 4) is 17.1 Å². The molecule has 156 valence electrons. The summed E-state index contributed by atoms with van der Waals surface area (Å²) in [6.07, 6.45) is 4.66. The van der Waals surface area contributed by atoms with Crippen molar-refractivity contribution in [2.45, 2.75) is 38.7 Å². The second-order valence-corrected chi connectivity index (χ2v) is 7.55. The molecule has 0 amide bonds. The van der Waals surface area contributed by atoms with E-state index in [-0.39, 0.29) is 41.8 Å². The summed E-state index contributed by atoms with van der Waals surface area (Å²) in [6, 6.07) is 2.55. The first-order valence-electron chi connectivity index (χ1n) is 9.20. The molecule has 6 nitrogen and oxygen atoms in total. The molecule has 1 unspecified atom stereocenters. The Balaban J connectivity index is 1.77. The van der Waals surface area contributed by atoms with Crippen molar-refractivity contribution in [2.24, 2.45) is 0 Å². The van der Waals surface area contributed by atoms with Crippen molar-refractivity contribution < 1.29 is 23.5 Å². The number of aromatic nitrogens is 2. The molecule has 0 radical (unpaired) electrons. The van der Waals surface area contributed by atoms with E-state index < -0.39 is 5.82 Å². The summed E-state index contributed by atoms with van der Waals surface area (Å²) < 4.78 is 30.6. The molecule has 1 aliphatic rings. The van der Waals surface area contributed by atoms with Crippen molar-refractivity contribution >= 4 is 23.2 Å². The molecule has 0 bridgehead atoms. The van der Waals surface area contributed by atoms with E-state index in [0.29, 0.717) is 35.1 Å². The van der Waals surface area contributed by atoms with Crippen molar-refractivity contribution in [1.82, 2.24) is 10.1 Å². The summed E-state index contributed by atoms with van der Waals surface area (Å²) >= 11 is 12.5. The Morgan fingerprint density at radius 2 is 2.14 bits per heavy atom. The Bertz CT molecular complexity index is 927. The van der Waals surface area contributed by atoms with E-state index in [1.807, 2.05) is 19.9 Å². The lowest BCUT2D eigenvalue weighted by Crippen LogP contribution is -2.08. The van der Waals surface area contributed by atoms with Gasteiger partial charge in [0.05, 0.1) is 28.7 Å². The van der Waals surface area contributed by atoms with Gasteiger partial charge < -0.3 is 19.1 Å². The summed E-state index contributed by atoms with van der Waals surface area (Å²) in [5.74, 6) is 0.322. The SMILES string of the molecule is CC(C)OC1=CCC(c2nc(-c3cc(F)c(OCCCO)cc3Cl)no2)C=C1Cl. The fourth-order valence-corrected chi connectivity index (χ4v) is 3.25. The van der Waals surface area contributed by atoms with Crippen LogP contribution in [-0.2, 0) is 4.74 Å². The van der Waals surface area contributed by atoms with Crippen LogP contribution in [0.4, 0.5) is 4.39 Å². The molecule has 1 aromatic carbocycles. The van der Waals surface area contributed by atoms with E-state index in [1.54, 1.807) is 6.08 Å². The highest BCUT2D eigenvalue weighted by atomic mass is 35.5. The van der Waals surface area contributed by atoms with Gasteiger partial charge >= 0.3 is 0 Å². The Labute approximate surface area is 177 Å². The Morgan fingerprint density at radius 3 is 2.83 bits per heavy atom. The largest absolute Gasteiger partial charge is 0.490 e. The molecule has 0 saturated heterocycles. The molecule has 1 atom stereocenters. The number of aliphatic hydroxyl groups excluding tert-OH is 1. The van der Waals surface area contributed by atoms with Crippen LogP contribution >= 0.6 is 23.2 Å². The minimum absolute atomic E-state index is 0.000679. The van der Waals surface area contributed by atoms with Gasteiger partial charge in [0.2, 0.25) is 11.7 Å². The number of hydrogen-bond acceptors (Lipinski definition) is 6. The van der Waals surface area contributed by atoms with Crippen LogP contribution in [0.2, 0.25) is 5.02 Å². The van der Waals surface area contributed by atoms with Gasteiger partial charge in [-0.2, -0.15) is 4.98 Å². The van der Waals surface area contributed by atoms with Gasteiger partial charge in [-0.3, -0.25) is 0 Å². The third-order valence-electron chi connectivity index (χ3n) is 4.08. The van der Waals surface area contributed by atoms with Crippen molar-refractivity contribution in [3.63, 3.8) is 0 Å². The highest BCUT2D eigenvalue weighted by molar-refractivity contribution is 6.33. The normalized spacial score (nSPS) is 16.6. The minimum Gasteiger partial charge on any atom is -0.490 e. The molecule has 1 N–H and O–H groups in total. The summed E-state index contributed by atoms with van der Waals surface area (Å²) in [5.41, 5.74) is 0.291. The average Bonchev–Trinajstić information content (AvgIpc) is 3.15. The molecule has 0 saturated carbocycles. The van der Waals surface area contributed by atoms with Crippen LogP contribution in [0, 0.1) is 5.82 Å². The van der Waals surface area contributed by atoms with Crippen LogP contribution < -0.4 is 4.74 Å². The lowest BCUT2D eigenvalue weighted by molar-refractivity contribution is 0.154. The maximum Gasteiger partial charge on any atom is 0.234 e. The van der Waals surface area contributed by atoms with Gasteiger partial charge in [0.1, 0.15) is 5.76 Å². The molecule has 9 heteroatoms. The zero-order chi connectivity index (χ0) is 21.0. The van der Waals surface area contributed by atoms with Crippen molar-refractivity contribution in [3.05, 3.63) is 51.8 Å². The van der Waals surface area contributed by atoms with Crippen LogP contribution in [-0.4, -0.2) is 34.6 Å². The van der Waals surface area contributed by atoms with Crippen LogP contribution in [0.15, 0.2) is 39.6 Å². The van der Waals surface area contributed by atoms with Gasteiger partial charge in [0.25, 0.3) is 0 Å². The molecule has 3 rings (SSSR count). The summed E-state index contributed by atoms with van der Waals surface area (Å²) in [5, 5.41) is 13.4. The van der Waals surface area contributed by atoms with Gasteiger partial charge in [-0.1, -0.05) is 28.4 Å². The third-order valence-corrected chi connectivity index (χ3v) is 4.71. The van der Waals surface area contributed by atoms with Gasteiger partial charge in [0.15, 0.2) is 11.6 Å². The van der Waals surface area contributed by atoms with Crippen molar-refractivity contribution in [1.29, 1.82) is 0 Å². The maximum atomic E-state index is 14.3. The Kier molecular flexibility index (Phi) is 7.16. The van der Waals surface area contributed by atoms with E-state index in [9.17, 15) is 4.39 Å². The molecule has 0 aliphatic heterocycles. The van der Waals surface area contributed by atoms with Crippen LogP contribution in [0.1, 0.15) is 38.5 Å².